The zero-order valence-corrected chi connectivity index (χ0v) is 61.7. The summed E-state index contributed by atoms with van der Waals surface area (Å²) < 4.78 is 156. The van der Waals surface area contributed by atoms with Gasteiger partial charge in [0, 0.05) is 106 Å². The van der Waals surface area contributed by atoms with Gasteiger partial charge in [-0.05, 0) is 168 Å². The molecule has 0 fully saturated rings. The molecule has 0 saturated heterocycles. The van der Waals surface area contributed by atoms with Gasteiger partial charge in [0.25, 0.3) is 6.71 Å². The predicted octanol–water partition coefficient (Wildman–Crippen LogP) is 25.2. The van der Waals surface area contributed by atoms with Gasteiger partial charge in [-0.2, -0.15) is 0 Å². The molecule has 528 valence electrons. The fraction of sp³-hybridized carbons (Fsp3) is 0.115. The van der Waals surface area contributed by atoms with Crippen LogP contribution < -0.4 is 31.5 Å². The Morgan fingerprint density at radius 2 is 1.13 bits per heavy atom. The third-order valence-electron chi connectivity index (χ3n) is 24.3. The van der Waals surface area contributed by atoms with Crippen LogP contribution in [0.2, 0.25) is 0 Å². The van der Waals surface area contributed by atoms with Gasteiger partial charge < -0.3 is 28.8 Å². The molecule has 6 aliphatic rings. The molecule has 6 nitrogen and oxygen atoms in total. The number of anilines is 7. The topological polar surface area (TPSA) is 33.3 Å². The Kier molecular flexibility index (Phi) is 10.6. The van der Waals surface area contributed by atoms with E-state index in [9.17, 15) is 13.7 Å². The highest BCUT2D eigenvalue weighted by molar-refractivity contribution is 7.00. The maximum Gasteiger partial charge on any atom is 0.252 e. The van der Waals surface area contributed by atoms with Gasteiger partial charge in [0.15, 0.2) is 0 Å². The van der Waals surface area contributed by atoms with E-state index in [1.54, 1.807) is 4.57 Å². The molecule has 4 aliphatic heterocycles. The standard InChI is InChI=1S/C104H79BN6/c1-103(2,3)66-46-53-92-82(56-66)83-57-67(104(4,5)6)47-54-93(83)108(92)71-59-85-84-58-68(106-88-40-21-17-30-72(88)65-28-11-8-12-29-65)48-55-94(84)111-97-62-96-98(81-39-25-38-80-76-34-16-14-32-74(76)73-31-13-15-33-75(73)77-35-18-24-43-91(77)110(96)100(80)81)102-99(97)105(87(60-71)101(85)111)86-52-51-70(107-89-41-22-19-36-78(89)79-37-20-23-42-90(79)107)61-95(86)109(102)69-49-44-64(45-50-69)63-26-9-7-10-27-63/h7-62,77,82,91-92,106H,1-6H3/i8D,11D,12D,17D,19D,20D,21D,22D,23D,28D,30D,36D,37D,40D,41D,42D. The molecule has 23 rings (SSSR count). The first-order chi connectivity index (χ1) is 61.0. The summed E-state index contributed by atoms with van der Waals surface area (Å²) in [6.45, 7) is 12.8. The fourth-order valence-corrected chi connectivity index (χ4v) is 19.4. The molecule has 17 aromatic rings. The Balaban J connectivity index is 0.897. The van der Waals surface area contributed by atoms with Crippen molar-refractivity contribution in [3.8, 4) is 55.9 Å². The van der Waals surface area contributed by atoms with Crippen molar-refractivity contribution in [3.05, 3.63) is 362 Å². The lowest BCUT2D eigenvalue weighted by Gasteiger charge is -2.41. The first kappa shape index (κ1) is 49.8. The number of fused-ring (bicyclic) bond motifs is 24. The van der Waals surface area contributed by atoms with E-state index in [-0.39, 0.29) is 79.4 Å². The minimum absolute atomic E-state index is 0.0158. The predicted molar refractivity (Wildman–Crippen MR) is 469 cm³/mol. The second-order valence-corrected chi connectivity index (χ2v) is 32.3. The quantitative estimate of drug-likeness (QED) is 0.161. The molecule has 4 atom stereocenters. The van der Waals surface area contributed by atoms with Gasteiger partial charge in [-0.1, -0.05) is 296 Å². The zero-order chi connectivity index (χ0) is 87.8. The minimum atomic E-state index is -0.683. The maximum absolute atomic E-state index is 9.95. The van der Waals surface area contributed by atoms with Crippen molar-refractivity contribution in [2.75, 3.05) is 15.1 Å². The molecule has 0 saturated carbocycles. The first-order valence-corrected chi connectivity index (χ1v) is 38.2. The average molecular weight is 1440 g/mol. The van der Waals surface area contributed by atoms with E-state index in [0.29, 0.717) is 17.1 Å². The number of nitrogens with zero attached hydrogens (tertiary/aromatic N) is 5. The van der Waals surface area contributed by atoms with E-state index in [2.05, 4.69) is 260 Å². The van der Waals surface area contributed by atoms with Crippen molar-refractivity contribution in [1.82, 2.24) is 13.7 Å². The van der Waals surface area contributed by atoms with Crippen molar-refractivity contribution in [3.63, 3.8) is 0 Å². The van der Waals surface area contributed by atoms with Gasteiger partial charge in [-0.25, -0.2) is 0 Å². The lowest BCUT2D eigenvalue weighted by molar-refractivity contribution is 0.507. The SMILES string of the molecule is [2H]c1cc(-c2c([2H])c([2H])c([2H])c([2H])c2Nc2ccc3c(c2)c2cc(N4c5ccc(C(C)(C)C)cc5C5C=C(C(C)(C)C)C=CC54)cc4c2n3-c2cc3c(c5c2B4c2ccc(-n4c6c([2H])c([2H])c([2H])c([2H])c6c6c([2H])c([2H])c([2H])c([2H])c64)cc2N5c2ccc(-c4ccccc4)cc2)c2cccc4c2n3C2C=CC=CC2c2ccccc2-c2ccccc2-4)c([2H])c([2H])c1[2H]. The highest BCUT2D eigenvalue weighted by Crippen LogP contribution is 2.57. The number of para-hydroxylation sites is 4. The minimum Gasteiger partial charge on any atom is -0.355 e. The lowest BCUT2D eigenvalue weighted by atomic mass is 9.33. The van der Waals surface area contributed by atoms with Gasteiger partial charge >= 0.3 is 0 Å². The van der Waals surface area contributed by atoms with Gasteiger partial charge in [0.2, 0.25) is 0 Å². The summed E-state index contributed by atoms with van der Waals surface area (Å²) in [5.41, 5.74) is 22.3. The Bertz CT molecular complexity index is 7940. The molecule has 7 heteroatoms. The smallest absolute Gasteiger partial charge is 0.252 e. The second-order valence-electron chi connectivity index (χ2n) is 32.3. The Morgan fingerprint density at radius 1 is 0.405 bits per heavy atom. The van der Waals surface area contributed by atoms with Crippen LogP contribution in [0.1, 0.15) is 98.0 Å². The molecule has 4 unspecified atom stereocenters. The summed E-state index contributed by atoms with van der Waals surface area (Å²) in [5.74, 6) is -0.302. The summed E-state index contributed by atoms with van der Waals surface area (Å²) >= 11 is 0. The van der Waals surface area contributed by atoms with E-state index < -0.39 is 97.3 Å². The summed E-state index contributed by atoms with van der Waals surface area (Å²) in [6, 6.07) is 61.8. The Labute approximate surface area is 669 Å². The molecule has 0 bridgehead atoms. The molecule has 0 radical (unpaired) electrons. The Morgan fingerprint density at radius 3 is 1.94 bits per heavy atom. The van der Waals surface area contributed by atoms with Crippen LogP contribution in [0.15, 0.2) is 345 Å². The van der Waals surface area contributed by atoms with Crippen molar-refractivity contribution in [1.29, 1.82) is 0 Å². The van der Waals surface area contributed by atoms with Crippen LogP contribution in [0.4, 0.5) is 39.8 Å². The fourth-order valence-electron chi connectivity index (χ4n) is 19.4. The van der Waals surface area contributed by atoms with Gasteiger partial charge in [-0.3, -0.25) is 0 Å². The molecular weight excluding hydrogens is 1340 g/mol. The van der Waals surface area contributed by atoms with Crippen LogP contribution in [-0.2, 0) is 5.41 Å². The van der Waals surface area contributed by atoms with Gasteiger partial charge in [-0.15, -0.1) is 0 Å². The normalized spacial score (nSPS) is 19.0. The van der Waals surface area contributed by atoms with Crippen LogP contribution in [0, 0.1) is 5.41 Å². The van der Waals surface area contributed by atoms with Crippen molar-refractivity contribution in [2.24, 2.45) is 5.41 Å². The molecule has 111 heavy (non-hydrogen) atoms. The number of nitrogens with one attached hydrogen (secondary N) is 1. The summed E-state index contributed by atoms with van der Waals surface area (Å²) in [7, 11) is 0. The molecular formula is C104H79BN6. The third-order valence-corrected chi connectivity index (χ3v) is 24.3. The number of benzene rings is 14. The van der Waals surface area contributed by atoms with Crippen LogP contribution >= 0.6 is 0 Å². The second kappa shape index (κ2) is 23.7. The number of hydrogen-bond donors (Lipinski definition) is 1. The molecule has 0 spiro atoms. The highest BCUT2D eigenvalue weighted by Gasteiger charge is 2.47. The number of allylic oxidation sites excluding steroid dienone is 6. The van der Waals surface area contributed by atoms with Crippen LogP contribution in [-0.4, -0.2) is 26.5 Å². The van der Waals surface area contributed by atoms with Crippen molar-refractivity contribution < 1.29 is 21.9 Å². The Hall–Kier alpha value is -13.1. The number of rotatable bonds is 7. The van der Waals surface area contributed by atoms with E-state index in [0.717, 1.165) is 127 Å². The molecule has 3 aromatic heterocycles. The lowest BCUT2D eigenvalue weighted by Crippen LogP contribution is -2.60. The van der Waals surface area contributed by atoms with E-state index in [4.69, 9.17) is 8.22 Å². The van der Waals surface area contributed by atoms with Crippen LogP contribution in [0.3, 0.4) is 0 Å². The molecule has 0 amide bonds. The van der Waals surface area contributed by atoms with E-state index >= 15 is 0 Å². The molecule has 7 heterocycles. The van der Waals surface area contributed by atoms with Gasteiger partial charge in [0.1, 0.15) is 0 Å². The molecule has 2 aliphatic carbocycles. The highest BCUT2D eigenvalue weighted by atomic mass is 15.2. The van der Waals surface area contributed by atoms with Crippen LogP contribution in [0.5, 0.6) is 0 Å². The number of aromatic nitrogens is 3. The molecule has 14 aromatic carbocycles. The average Bonchev–Trinajstić information content (AvgIpc) is 1.53. The van der Waals surface area contributed by atoms with Gasteiger partial charge in [0.05, 0.1) is 67.3 Å². The summed E-state index contributed by atoms with van der Waals surface area (Å²) in [4.78, 5) is 4.85. The third kappa shape index (κ3) is 9.39. The summed E-state index contributed by atoms with van der Waals surface area (Å²) in [5, 5.41) is 6.90. The maximum atomic E-state index is 9.95. The first-order valence-electron chi connectivity index (χ1n) is 46.2. The van der Waals surface area contributed by atoms with E-state index in [1.165, 1.54) is 22.8 Å². The van der Waals surface area contributed by atoms with Crippen molar-refractivity contribution in [2.45, 2.75) is 70.9 Å². The molecule has 1 N–H and O–H groups in total. The van der Waals surface area contributed by atoms with Crippen molar-refractivity contribution >= 4 is 128 Å². The van der Waals surface area contributed by atoms with Crippen LogP contribution in [0.25, 0.3) is 121 Å². The van der Waals surface area contributed by atoms with E-state index in [1.807, 2.05) is 42.5 Å². The summed E-state index contributed by atoms with van der Waals surface area (Å²) in [6.07, 6.45) is 16.0. The monoisotopic (exact) mass is 1440 g/mol. The largest absolute Gasteiger partial charge is 0.355 e. The number of hydrogen-bond acceptors (Lipinski definition) is 3. The zero-order valence-electron chi connectivity index (χ0n) is 77.7.